The predicted molar refractivity (Wildman–Crippen MR) is 151 cm³/mol. The number of morpholine rings is 1. The van der Waals surface area contributed by atoms with Crippen LogP contribution in [0.2, 0.25) is 0 Å². The second-order valence-electron chi connectivity index (χ2n) is 12.0. The number of nitrogens with zero attached hydrogens (tertiary/aromatic N) is 5. The Morgan fingerprint density at radius 3 is 2.90 bits per heavy atom. The van der Waals surface area contributed by atoms with Gasteiger partial charge in [0.25, 0.3) is 0 Å². The quantitative estimate of drug-likeness (QED) is 0.556. The van der Waals surface area contributed by atoms with Crippen LogP contribution in [0.5, 0.6) is 5.88 Å². The topological polar surface area (TPSA) is 97.1 Å². The Balaban J connectivity index is 1.26. The van der Waals surface area contributed by atoms with Crippen LogP contribution >= 0.6 is 0 Å². The monoisotopic (exact) mass is 552 g/mol. The first-order chi connectivity index (χ1) is 19.4. The highest BCUT2D eigenvalue weighted by molar-refractivity contribution is 5.86. The van der Waals surface area contributed by atoms with Gasteiger partial charge in [-0.3, -0.25) is 14.6 Å². The highest BCUT2D eigenvalue weighted by Crippen LogP contribution is 2.41. The number of alkyl halides is 1. The number of aromatic nitrogens is 2. The number of hydrogen-bond donors (Lipinski definition) is 1. The molecule has 2 aromatic rings. The van der Waals surface area contributed by atoms with E-state index in [0.29, 0.717) is 50.8 Å². The number of piperidine rings is 2. The third-order valence-corrected chi connectivity index (χ3v) is 9.39. The SMILES string of the molecule is COc1cc(CN(CC2CN3C(C)COC4CC(F)CC(C2=O)C43)[C@H]2CCCN(c3ccc(N)nc3)C2)ccn1. The summed E-state index contributed by atoms with van der Waals surface area (Å²) in [6.07, 6.45) is 5.24. The molecule has 40 heavy (non-hydrogen) atoms. The largest absolute Gasteiger partial charge is 0.481 e. The van der Waals surface area contributed by atoms with Crippen molar-refractivity contribution in [2.45, 2.75) is 69.6 Å². The lowest BCUT2D eigenvalue weighted by molar-refractivity contribution is -0.177. The zero-order valence-corrected chi connectivity index (χ0v) is 23.5. The molecule has 3 saturated heterocycles. The van der Waals surface area contributed by atoms with Gasteiger partial charge in [0.05, 0.1) is 31.7 Å². The first-order valence-corrected chi connectivity index (χ1v) is 14.6. The minimum atomic E-state index is -0.981. The molecule has 3 aliphatic heterocycles. The van der Waals surface area contributed by atoms with Crippen molar-refractivity contribution in [3.8, 4) is 5.88 Å². The van der Waals surface area contributed by atoms with Gasteiger partial charge in [-0.25, -0.2) is 14.4 Å². The maximum Gasteiger partial charge on any atom is 0.213 e. The summed E-state index contributed by atoms with van der Waals surface area (Å²) in [7, 11) is 1.62. The molecule has 0 radical (unpaired) electrons. The van der Waals surface area contributed by atoms with E-state index in [1.54, 1.807) is 13.3 Å². The van der Waals surface area contributed by atoms with Gasteiger partial charge in [0.1, 0.15) is 17.8 Å². The number of carbonyl (C=O) groups excluding carboxylic acids is 1. The van der Waals surface area contributed by atoms with Crippen molar-refractivity contribution >= 4 is 17.3 Å². The van der Waals surface area contributed by atoms with Gasteiger partial charge in [0.2, 0.25) is 5.88 Å². The van der Waals surface area contributed by atoms with Crippen molar-refractivity contribution in [1.82, 2.24) is 19.8 Å². The third kappa shape index (κ3) is 5.53. The van der Waals surface area contributed by atoms with E-state index in [4.69, 9.17) is 15.2 Å². The standard InChI is InChI=1S/C30H41FN6O3/c1-19-18-40-26-12-22(31)11-25-29(26)37(19)16-21(30(25)38)15-36(14-20-7-8-33-28(10-20)39-2)24-4-3-9-35(17-24)23-5-6-27(32)34-13-23/h5-8,10,13,19,21-22,24-26,29H,3-4,9,11-12,14-18H2,1-2H3,(H2,32,34)/t19?,21?,22?,24-,25?,26?,29?/m0/s1. The van der Waals surface area contributed by atoms with Crippen molar-refractivity contribution < 1.29 is 18.7 Å². The van der Waals surface area contributed by atoms with E-state index < -0.39 is 6.17 Å². The number of anilines is 2. The molecule has 0 aromatic carbocycles. The molecule has 10 heteroatoms. The summed E-state index contributed by atoms with van der Waals surface area (Å²) in [4.78, 5) is 29.9. The van der Waals surface area contributed by atoms with Gasteiger partial charge in [-0.1, -0.05) is 0 Å². The smallest absolute Gasteiger partial charge is 0.213 e. The fourth-order valence-electron chi connectivity index (χ4n) is 7.40. The molecule has 0 bridgehead atoms. The van der Waals surface area contributed by atoms with Crippen molar-refractivity contribution in [1.29, 1.82) is 0 Å². The van der Waals surface area contributed by atoms with Crippen LogP contribution in [-0.2, 0) is 16.1 Å². The molecule has 4 aliphatic rings. The number of methoxy groups -OCH3 is 1. The summed E-state index contributed by atoms with van der Waals surface area (Å²) >= 11 is 0. The molecule has 216 valence electrons. The lowest BCUT2D eigenvalue weighted by Gasteiger charge is -2.55. The number of nitrogens with two attached hydrogens (primary N) is 1. The molecular formula is C30H41FN6O3. The number of nitrogen functional groups attached to an aromatic ring is 1. The molecule has 0 spiro atoms. The van der Waals surface area contributed by atoms with Gasteiger partial charge in [0.15, 0.2) is 0 Å². The average Bonchev–Trinajstić information content (AvgIpc) is 2.97. The number of carbonyl (C=O) groups is 1. The van der Waals surface area contributed by atoms with Crippen LogP contribution in [0.4, 0.5) is 15.9 Å². The summed E-state index contributed by atoms with van der Waals surface area (Å²) in [5.74, 6) is 0.819. The van der Waals surface area contributed by atoms with Gasteiger partial charge in [-0.15, -0.1) is 0 Å². The Morgan fingerprint density at radius 1 is 1.23 bits per heavy atom. The molecule has 0 amide bonds. The number of Topliss-reactive ketones (excluding diaryl/α,β-unsaturated/α-hetero) is 1. The van der Waals surface area contributed by atoms with Crippen molar-refractivity contribution in [3.05, 3.63) is 42.2 Å². The molecular weight excluding hydrogens is 511 g/mol. The molecule has 5 heterocycles. The summed E-state index contributed by atoms with van der Waals surface area (Å²) in [6.45, 7) is 6.57. The van der Waals surface area contributed by atoms with E-state index in [1.165, 1.54) is 0 Å². The van der Waals surface area contributed by atoms with Crippen LogP contribution in [0.15, 0.2) is 36.7 Å². The maximum atomic E-state index is 14.8. The van der Waals surface area contributed by atoms with E-state index in [2.05, 4.69) is 31.6 Å². The molecule has 7 atom stereocenters. The summed E-state index contributed by atoms with van der Waals surface area (Å²) in [6, 6.07) is 8.32. The molecule has 9 nitrogen and oxygen atoms in total. The fourth-order valence-corrected chi connectivity index (χ4v) is 7.40. The lowest BCUT2D eigenvalue weighted by atomic mass is 9.70. The van der Waals surface area contributed by atoms with E-state index in [0.717, 1.165) is 37.2 Å². The third-order valence-electron chi connectivity index (χ3n) is 9.39. The summed E-state index contributed by atoms with van der Waals surface area (Å²) in [5, 5.41) is 0. The van der Waals surface area contributed by atoms with Crippen molar-refractivity contribution in [2.75, 3.05) is 50.5 Å². The molecule has 1 saturated carbocycles. The van der Waals surface area contributed by atoms with Crippen LogP contribution < -0.4 is 15.4 Å². The Labute approximate surface area is 235 Å². The molecule has 1 aliphatic carbocycles. The molecule has 4 fully saturated rings. The van der Waals surface area contributed by atoms with Crippen molar-refractivity contribution in [2.24, 2.45) is 11.8 Å². The summed E-state index contributed by atoms with van der Waals surface area (Å²) in [5.41, 5.74) is 8.00. The number of rotatable bonds is 7. The lowest BCUT2D eigenvalue weighted by Crippen LogP contribution is -2.68. The van der Waals surface area contributed by atoms with E-state index in [1.807, 2.05) is 30.5 Å². The number of ether oxygens (including phenoxy) is 2. The van der Waals surface area contributed by atoms with Gasteiger partial charge >= 0.3 is 0 Å². The highest BCUT2D eigenvalue weighted by atomic mass is 19.1. The van der Waals surface area contributed by atoms with Crippen LogP contribution in [0.1, 0.15) is 38.2 Å². The Bertz CT molecular complexity index is 1180. The Hall–Kier alpha value is -2.82. The molecule has 2 aromatic heterocycles. The highest BCUT2D eigenvalue weighted by Gasteiger charge is 2.53. The molecule has 2 N–H and O–H groups in total. The minimum Gasteiger partial charge on any atom is -0.481 e. The van der Waals surface area contributed by atoms with Gasteiger partial charge in [-0.2, -0.15) is 0 Å². The second kappa shape index (κ2) is 11.6. The van der Waals surface area contributed by atoms with E-state index >= 15 is 0 Å². The minimum absolute atomic E-state index is 0.000554. The first-order valence-electron chi connectivity index (χ1n) is 14.6. The number of halogens is 1. The predicted octanol–water partition coefficient (Wildman–Crippen LogP) is 2.94. The zero-order valence-electron chi connectivity index (χ0n) is 23.5. The number of pyridine rings is 2. The van der Waals surface area contributed by atoms with E-state index in [9.17, 15) is 9.18 Å². The van der Waals surface area contributed by atoms with E-state index in [-0.39, 0.29) is 41.8 Å². The fraction of sp³-hybridized carbons (Fsp3) is 0.633. The summed E-state index contributed by atoms with van der Waals surface area (Å²) < 4.78 is 26.2. The van der Waals surface area contributed by atoms with Crippen LogP contribution in [0.25, 0.3) is 0 Å². The van der Waals surface area contributed by atoms with Gasteiger partial charge in [0, 0.05) is 81.4 Å². The number of hydrogen-bond acceptors (Lipinski definition) is 9. The Morgan fingerprint density at radius 2 is 2.10 bits per heavy atom. The normalized spacial score (nSPS) is 32.6. The van der Waals surface area contributed by atoms with Gasteiger partial charge in [-0.05, 0) is 49.9 Å². The average molecular weight is 553 g/mol. The first kappa shape index (κ1) is 27.4. The maximum absolute atomic E-state index is 14.8. The zero-order chi connectivity index (χ0) is 27.8. The second-order valence-corrected chi connectivity index (χ2v) is 12.0. The molecule has 6 rings (SSSR count). The van der Waals surface area contributed by atoms with Gasteiger partial charge < -0.3 is 20.1 Å². The Kier molecular flexibility index (Phi) is 7.92. The number of ketones is 1. The van der Waals surface area contributed by atoms with Crippen LogP contribution in [-0.4, -0.2) is 95.8 Å². The molecule has 6 unspecified atom stereocenters. The van der Waals surface area contributed by atoms with Crippen LogP contribution in [0.3, 0.4) is 0 Å². The van der Waals surface area contributed by atoms with Crippen LogP contribution in [0, 0.1) is 11.8 Å². The van der Waals surface area contributed by atoms with Crippen molar-refractivity contribution in [3.63, 3.8) is 0 Å².